The lowest BCUT2D eigenvalue weighted by atomic mass is 10.1. The van der Waals surface area contributed by atoms with Gasteiger partial charge in [0.2, 0.25) is 0 Å². The van der Waals surface area contributed by atoms with Crippen LogP contribution in [0.1, 0.15) is 22.8 Å². The number of rotatable bonds is 3. The van der Waals surface area contributed by atoms with E-state index in [-0.39, 0.29) is 5.56 Å². The summed E-state index contributed by atoms with van der Waals surface area (Å²) >= 11 is 3.37. The molecule has 2 N–H and O–H groups in total. The van der Waals surface area contributed by atoms with Crippen molar-refractivity contribution in [1.29, 1.82) is 0 Å². The lowest BCUT2D eigenvalue weighted by Gasteiger charge is -2.27. The van der Waals surface area contributed by atoms with Crippen molar-refractivity contribution in [3.63, 3.8) is 0 Å². The third-order valence-electron chi connectivity index (χ3n) is 3.76. The Morgan fingerprint density at radius 3 is 2.86 bits per heavy atom. The summed E-state index contributed by atoms with van der Waals surface area (Å²) in [6.07, 6.45) is 0. The number of hydrogen-bond donors (Lipinski definition) is 2. The number of aromatic carboxylic acids is 1. The van der Waals surface area contributed by atoms with Gasteiger partial charge < -0.3 is 19.9 Å². The normalized spacial score (nSPS) is 24.5. The first kappa shape index (κ1) is 14.6. The quantitative estimate of drug-likeness (QED) is 0.860. The number of carboxylic acid groups (broad SMARTS) is 1. The SMILES string of the molecule is Cc1c(C(=O)O)cc(Br)c2c1OC(C)(CN1CCNC1)O2. The number of carbonyl (C=O) groups is 1. The van der Waals surface area contributed by atoms with Crippen LogP contribution in [-0.2, 0) is 0 Å². The van der Waals surface area contributed by atoms with E-state index >= 15 is 0 Å². The largest absolute Gasteiger partial charge is 0.478 e. The third kappa shape index (κ3) is 2.61. The monoisotopic (exact) mass is 356 g/mol. The van der Waals surface area contributed by atoms with Gasteiger partial charge in [-0.15, -0.1) is 0 Å². The molecule has 1 aromatic rings. The van der Waals surface area contributed by atoms with Crippen LogP contribution in [0.2, 0.25) is 0 Å². The average Bonchev–Trinajstić information content (AvgIpc) is 3.01. The molecule has 2 heterocycles. The first-order valence-electron chi connectivity index (χ1n) is 6.77. The highest BCUT2D eigenvalue weighted by molar-refractivity contribution is 9.10. The van der Waals surface area contributed by atoms with Crippen molar-refractivity contribution in [3.8, 4) is 11.5 Å². The summed E-state index contributed by atoms with van der Waals surface area (Å²) in [5.41, 5.74) is 0.806. The van der Waals surface area contributed by atoms with E-state index in [9.17, 15) is 9.90 Å². The summed E-state index contributed by atoms with van der Waals surface area (Å²) in [4.78, 5) is 13.5. The second kappa shape index (κ2) is 5.15. The first-order chi connectivity index (χ1) is 9.89. The van der Waals surface area contributed by atoms with Gasteiger partial charge in [-0.25, -0.2) is 4.79 Å². The lowest BCUT2D eigenvalue weighted by molar-refractivity contribution is -0.0813. The smallest absolute Gasteiger partial charge is 0.336 e. The number of nitrogens with zero attached hydrogens (tertiary/aromatic N) is 1. The molecule has 1 aromatic carbocycles. The Hall–Kier alpha value is -1.31. The molecule has 1 saturated heterocycles. The molecule has 1 unspecified atom stereocenters. The van der Waals surface area contributed by atoms with E-state index in [2.05, 4.69) is 26.1 Å². The molecule has 0 bridgehead atoms. The molecule has 0 radical (unpaired) electrons. The number of fused-ring (bicyclic) bond motifs is 1. The first-order valence-corrected chi connectivity index (χ1v) is 7.56. The van der Waals surface area contributed by atoms with Gasteiger partial charge in [0.25, 0.3) is 5.79 Å². The molecule has 1 fully saturated rings. The molecule has 2 aliphatic heterocycles. The number of halogens is 1. The van der Waals surface area contributed by atoms with E-state index in [0.29, 0.717) is 28.1 Å². The molecule has 21 heavy (non-hydrogen) atoms. The van der Waals surface area contributed by atoms with E-state index in [4.69, 9.17) is 9.47 Å². The molecular formula is C14H17BrN2O4. The van der Waals surface area contributed by atoms with Crippen molar-refractivity contribution in [3.05, 3.63) is 21.7 Å². The number of nitrogens with one attached hydrogen (secondary N) is 1. The van der Waals surface area contributed by atoms with Gasteiger partial charge in [-0.1, -0.05) is 0 Å². The van der Waals surface area contributed by atoms with E-state index in [1.54, 1.807) is 13.0 Å². The predicted octanol–water partition coefficient (Wildman–Crippen LogP) is 1.81. The van der Waals surface area contributed by atoms with Gasteiger partial charge in [-0.3, -0.25) is 4.90 Å². The van der Waals surface area contributed by atoms with Gasteiger partial charge in [0.05, 0.1) is 16.6 Å². The maximum Gasteiger partial charge on any atom is 0.336 e. The fraction of sp³-hybridized carbons (Fsp3) is 0.500. The van der Waals surface area contributed by atoms with Gasteiger partial charge in [0.1, 0.15) is 0 Å². The Kier molecular flexibility index (Phi) is 3.59. The van der Waals surface area contributed by atoms with Crippen LogP contribution in [0.25, 0.3) is 0 Å². The van der Waals surface area contributed by atoms with Crippen molar-refractivity contribution >= 4 is 21.9 Å². The summed E-state index contributed by atoms with van der Waals surface area (Å²) < 4.78 is 12.5. The molecule has 0 aromatic heterocycles. The standard InChI is InChI=1S/C14H17BrN2O4/c1-8-9(13(18)19)5-10(15)12-11(8)20-14(2,21-12)6-17-4-3-16-7-17/h5,16H,3-4,6-7H2,1-2H3,(H,18,19). The summed E-state index contributed by atoms with van der Waals surface area (Å²) in [5.74, 6) is -0.695. The van der Waals surface area contributed by atoms with Crippen LogP contribution in [0.5, 0.6) is 11.5 Å². The Labute approximate surface area is 131 Å². The Morgan fingerprint density at radius 1 is 1.52 bits per heavy atom. The zero-order valence-corrected chi connectivity index (χ0v) is 13.5. The molecule has 6 nitrogen and oxygen atoms in total. The van der Waals surface area contributed by atoms with Crippen LogP contribution in [0.15, 0.2) is 10.5 Å². The van der Waals surface area contributed by atoms with Gasteiger partial charge >= 0.3 is 5.97 Å². The topological polar surface area (TPSA) is 71.0 Å². The molecule has 0 amide bonds. The highest BCUT2D eigenvalue weighted by atomic mass is 79.9. The highest BCUT2D eigenvalue weighted by Gasteiger charge is 2.41. The zero-order valence-electron chi connectivity index (χ0n) is 11.9. The fourth-order valence-electron chi connectivity index (χ4n) is 2.75. The molecule has 1 atom stereocenters. The summed E-state index contributed by atoms with van der Waals surface area (Å²) in [6, 6.07) is 1.56. The van der Waals surface area contributed by atoms with Gasteiger partial charge in [-0.2, -0.15) is 0 Å². The summed E-state index contributed by atoms with van der Waals surface area (Å²) in [5, 5.41) is 12.5. The van der Waals surface area contributed by atoms with Gasteiger partial charge in [0.15, 0.2) is 11.5 Å². The molecular weight excluding hydrogens is 340 g/mol. The van der Waals surface area contributed by atoms with E-state index in [1.165, 1.54) is 0 Å². The maximum absolute atomic E-state index is 11.3. The van der Waals surface area contributed by atoms with E-state index < -0.39 is 11.8 Å². The maximum atomic E-state index is 11.3. The highest BCUT2D eigenvalue weighted by Crippen LogP contribution is 2.48. The Balaban J connectivity index is 1.90. The van der Waals surface area contributed by atoms with Crippen molar-refractivity contribution in [2.75, 3.05) is 26.3 Å². The van der Waals surface area contributed by atoms with Crippen molar-refractivity contribution in [1.82, 2.24) is 10.2 Å². The van der Waals surface area contributed by atoms with E-state index in [0.717, 1.165) is 19.8 Å². The average molecular weight is 357 g/mol. The van der Waals surface area contributed by atoms with E-state index in [1.807, 2.05) is 6.92 Å². The van der Waals surface area contributed by atoms with Crippen molar-refractivity contribution in [2.45, 2.75) is 19.6 Å². The van der Waals surface area contributed by atoms with Gasteiger partial charge in [-0.05, 0) is 28.9 Å². The molecule has 0 saturated carbocycles. The summed E-state index contributed by atoms with van der Waals surface area (Å²) in [6.45, 7) is 6.93. The van der Waals surface area contributed by atoms with Crippen LogP contribution >= 0.6 is 15.9 Å². The summed E-state index contributed by atoms with van der Waals surface area (Å²) in [7, 11) is 0. The molecule has 3 rings (SSSR count). The minimum Gasteiger partial charge on any atom is -0.478 e. The minimum atomic E-state index is -0.975. The minimum absolute atomic E-state index is 0.219. The Bertz CT molecular complexity index is 601. The van der Waals surface area contributed by atoms with Crippen LogP contribution in [-0.4, -0.2) is 48.1 Å². The van der Waals surface area contributed by atoms with Crippen LogP contribution < -0.4 is 14.8 Å². The third-order valence-corrected chi connectivity index (χ3v) is 4.35. The molecule has 7 heteroatoms. The number of ether oxygens (including phenoxy) is 2. The Morgan fingerprint density at radius 2 is 2.24 bits per heavy atom. The second-order valence-electron chi connectivity index (χ2n) is 5.54. The number of benzene rings is 1. The number of hydrogen-bond acceptors (Lipinski definition) is 5. The number of carboxylic acids is 1. The fourth-order valence-corrected chi connectivity index (χ4v) is 3.24. The second-order valence-corrected chi connectivity index (χ2v) is 6.40. The predicted molar refractivity (Wildman–Crippen MR) is 79.9 cm³/mol. The van der Waals surface area contributed by atoms with Crippen molar-refractivity contribution in [2.24, 2.45) is 0 Å². The zero-order chi connectivity index (χ0) is 15.2. The lowest BCUT2D eigenvalue weighted by Crippen LogP contribution is -2.46. The van der Waals surface area contributed by atoms with Crippen LogP contribution in [0.4, 0.5) is 0 Å². The molecule has 114 valence electrons. The van der Waals surface area contributed by atoms with Crippen molar-refractivity contribution < 1.29 is 19.4 Å². The molecule has 2 aliphatic rings. The van der Waals surface area contributed by atoms with Crippen LogP contribution in [0.3, 0.4) is 0 Å². The molecule has 0 spiro atoms. The molecule has 0 aliphatic carbocycles. The van der Waals surface area contributed by atoms with Gasteiger partial charge in [0, 0.05) is 32.2 Å². The van der Waals surface area contributed by atoms with Crippen LogP contribution in [0, 0.1) is 6.92 Å².